The number of piperidine rings is 1. The average Bonchev–Trinajstić information content (AvgIpc) is 2.83. The van der Waals surface area contributed by atoms with Crippen LogP contribution in [0.5, 0.6) is 0 Å². The molecule has 7 nitrogen and oxygen atoms in total. The zero-order valence-electron chi connectivity index (χ0n) is 18.0. The minimum absolute atomic E-state index is 0.336. The van der Waals surface area contributed by atoms with Gasteiger partial charge < -0.3 is 10.6 Å². The Morgan fingerprint density at radius 2 is 1.76 bits per heavy atom. The average molecular weight is 481 g/mol. The Balaban J connectivity index is 1.45. The van der Waals surface area contributed by atoms with Crippen molar-refractivity contribution in [3.8, 4) is 5.69 Å². The summed E-state index contributed by atoms with van der Waals surface area (Å²) in [4.78, 5) is 22.0. The second kappa shape index (κ2) is 9.09. The molecule has 0 aliphatic carbocycles. The van der Waals surface area contributed by atoms with Crippen LogP contribution in [0.3, 0.4) is 0 Å². The number of benzene rings is 2. The zero-order chi connectivity index (χ0) is 22.9. The molecule has 4 aromatic rings. The van der Waals surface area contributed by atoms with Gasteiger partial charge in [0.1, 0.15) is 11.2 Å². The molecule has 168 valence electrons. The molecule has 0 radical (unpaired) electrons. The van der Waals surface area contributed by atoms with Gasteiger partial charge in [-0.15, -0.1) is 0 Å². The quantitative estimate of drug-likeness (QED) is 0.427. The van der Waals surface area contributed by atoms with Crippen LogP contribution in [0.2, 0.25) is 10.0 Å². The molecule has 33 heavy (non-hydrogen) atoms. The number of rotatable bonds is 4. The van der Waals surface area contributed by atoms with Crippen molar-refractivity contribution in [2.45, 2.75) is 25.7 Å². The van der Waals surface area contributed by atoms with Gasteiger partial charge in [0.05, 0.1) is 21.1 Å². The van der Waals surface area contributed by atoms with Crippen molar-refractivity contribution in [2.24, 2.45) is 0 Å². The second-order valence-corrected chi connectivity index (χ2v) is 8.91. The van der Waals surface area contributed by atoms with Crippen molar-refractivity contribution in [1.82, 2.24) is 25.1 Å². The lowest BCUT2D eigenvalue weighted by molar-refractivity contribution is 0.460. The van der Waals surface area contributed by atoms with E-state index in [0.717, 1.165) is 31.6 Å². The smallest absolute Gasteiger partial charge is 0.282 e. The molecule has 1 saturated heterocycles. The number of hydrogen-bond donors (Lipinski definition) is 2. The molecule has 0 atom stereocenters. The molecule has 1 aliphatic heterocycles. The van der Waals surface area contributed by atoms with Crippen LogP contribution in [-0.4, -0.2) is 32.8 Å². The molecule has 0 spiro atoms. The van der Waals surface area contributed by atoms with Crippen molar-refractivity contribution in [3.63, 3.8) is 0 Å². The Hall–Kier alpha value is -3.00. The predicted molar refractivity (Wildman–Crippen MR) is 132 cm³/mol. The number of halogens is 2. The minimum atomic E-state index is -0.386. The Bertz CT molecular complexity index is 1360. The van der Waals surface area contributed by atoms with E-state index < -0.39 is 0 Å². The summed E-state index contributed by atoms with van der Waals surface area (Å²) < 4.78 is 1.21. The van der Waals surface area contributed by atoms with Gasteiger partial charge in [-0.25, -0.2) is 9.97 Å². The first-order valence-electron chi connectivity index (χ1n) is 10.8. The highest BCUT2D eigenvalue weighted by Crippen LogP contribution is 2.28. The molecule has 1 aliphatic rings. The first-order chi connectivity index (χ1) is 16.0. The molecule has 0 saturated carbocycles. The van der Waals surface area contributed by atoms with E-state index in [1.165, 1.54) is 16.4 Å². The van der Waals surface area contributed by atoms with Crippen LogP contribution in [0.25, 0.3) is 16.6 Å². The molecule has 5 rings (SSSR count). The maximum Gasteiger partial charge on any atom is 0.282 e. The molecule has 0 unspecified atom stereocenters. The largest absolute Gasteiger partial charge is 0.324 e. The Morgan fingerprint density at radius 1 is 1.06 bits per heavy atom. The van der Waals surface area contributed by atoms with Gasteiger partial charge in [-0.2, -0.15) is 9.78 Å². The number of fused-ring (bicyclic) bond motifs is 1. The highest BCUT2D eigenvalue weighted by Gasteiger charge is 2.17. The number of nitrogens with zero attached hydrogens (tertiary/aromatic N) is 4. The summed E-state index contributed by atoms with van der Waals surface area (Å²) in [5.41, 5.74) is 3.22. The Labute approximate surface area is 200 Å². The molecular weight excluding hydrogens is 459 g/mol. The SMILES string of the molecule is Cc1nn(-c2c(Cl)cccc2Cl)c(=O)c2cnc(Nc3ccc(C4CCNCC4)cc3)nc12. The van der Waals surface area contributed by atoms with Gasteiger partial charge in [-0.3, -0.25) is 4.79 Å². The van der Waals surface area contributed by atoms with Gasteiger partial charge in [0.15, 0.2) is 0 Å². The van der Waals surface area contributed by atoms with E-state index in [0.29, 0.717) is 44.2 Å². The molecule has 1 fully saturated rings. The van der Waals surface area contributed by atoms with E-state index in [2.05, 4.69) is 37.8 Å². The van der Waals surface area contributed by atoms with Gasteiger partial charge >= 0.3 is 0 Å². The minimum Gasteiger partial charge on any atom is -0.324 e. The van der Waals surface area contributed by atoms with Gasteiger partial charge in [0.2, 0.25) is 5.95 Å². The summed E-state index contributed by atoms with van der Waals surface area (Å²) in [7, 11) is 0. The van der Waals surface area contributed by atoms with Crippen LogP contribution >= 0.6 is 23.2 Å². The molecule has 2 aromatic heterocycles. The van der Waals surface area contributed by atoms with Crippen molar-refractivity contribution in [2.75, 3.05) is 18.4 Å². The Kier molecular flexibility index (Phi) is 6.01. The first kappa shape index (κ1) is 21.8. The van der Waals surface area contributed by atoms with E-state index in [-0.39, 0.29) is 5.56 Å². The van der Waals surface area contributed by atoms with Crippen LogP contribution < -0.4 is 16.2 Å². The Morgan fingerprint density at radius 3 is 2.45 bits per heavy atom. The second-order valence-electron chi connectivity index (χ2n) is 8.10. The molecule has 0 amide bonds. The van der Waals surface area contributed by atoms with E-state index in [1.54, 1.807) is 25.1 Å². The first-order valence-corrected chi connectivity index (χ1v) is 11.6. The van der Waals surface area contributed by atoms with Gasteiger partial charge in [0, 0.05) is 11.9 Å². The fourth-order valence-electron chi connectivity index (χ4n) is 4.20. The van der Waals surface area contributed by atoms with E-state index in [4.69, 9.17) is 23.2 Å². The molecule has 2 aromatic carbocycles. The molecule has 0 bridgehead atoms. The summed E-state index contributed by atoms with van der Waals surface area (Å²) in [6.07, 6.45) is 3.82. The number of para-hydroxylation sites is 1. The normalized spacial score (nSPS) is 14.5. The highest BCUT2D eigenvalue weighted by molar-refractivity contribution is 6.37. The third-order valence-corrected chi connectivity index (χ3v) is 6.54. The summed E-state index contributed by atoms with van der Waals surface area (Å²) in [5.74, 6) is 0.995. The molecular formula is C24H22Cl2N6O. The third kappa shape index (κ3) is 4.31. The summed E-state index contributed by atoms with van der Waals surface area (Å²) >= 11 is 12.6. The maximum atomic E-state index is 13.1. The fourth-order valence-corrected chi connectivity index (χ4v) is 4.75. The summed E-state index contributed by atoms with van der Waals surface area (Å²) in [6.45, 7) is 3.91. The van der Waals surface area contributed by atoms with Crippen LogP contribution in [-0.2, 0) is 0 Å². The summed E-state index contributed by atoms with van der Waals surface area (Å²) in [5, 5.41) is 12.0. The number of anilines is 2. The van der Waals surface area contributed by atoms with Crippen LogP contribution in [0.15, 0.2) is 53.5 Å². The van der Waals surface area contributed by atoms with Crippen molar-refractivity contribution >= 4 is 45.7 Å². The van der Waals surface area contributed by atoms with E-state index >= 15 is 0 Å². The third-order valence-electron chi connectivity index (χ3n) is 5.93. The number of aromatic nitrogens is 4. The van der Waals surface area contributed by atoms with Crippen molar-refractivity contribution in [3.05, 3.63) is 80.3 Å². The highest BCUT2D eigenvalue weighted by atomic mass is 35.5. The molecule has 3 heterocycles. The topological polar surface area (TPSA) is 84.7 Å². The number of hydrogen-bond acceptors (Lipinski definition) is 6. The maximum absolute atomic E-state index is 13.1. The summed E-state index contributed by atoms with van der Waals surface area (Å²) in [6, 6.07) is 13.4. The molecule has 9 heteroatoms. The lowest BCUT2D eigenvalue weighted by Gasteiger charge is -2.23. The van der Waals surface area contributed by atoms with Crippen LogP contribution in [0.1, 0.15) is 30.0 Å². The van der Waals surface area contributed by atoms with Crippen molar-refractivity contribution in [1.29, 1.82) is 0 Å². The lowest BCUT2D eigenvalue weighted by Crippen LogP contribution is -2.26. The van der Waals surface area contributed by atoms with E-state index in [9.17, 15) is 4.79 Å². The number of nitrogens with one attached hydrogen (secondary N) is 2. The zero-order valence-corrected chi connectivity index (χ0v) is 19.5. The van der Waals surface area contributed by atoms with Gasteiger partial charge in [-0.05, 0) is 68.6 Å². The standard InChI is InChI=1S/C24H22Cl2N6O/c1-14-21-18(23(33)32(31-14)22-19(25)3-2-4-20(22)26)13-28-24(30-21)29-17-7-5-15(6-8-17)16-9-11-27-12-10-16/h2-8,13,16,27H,9-12H2,1H3,(H,28,29,30). The van der Waals surface area contributed by atoms with Gasteiger partial charge in [-0.1, -0.05) is 41.4 Å². The van der Waals surface area contributed by atoms with Crippen molar-refractivity contribution < 1.29 is 0 Å². The number of aryl methyl sites for hydroxylation is 1. The van der Waals surface area contributed by atoms with Gasteiger partial charge in [0.25, 0.3) is 5.56 Å². The lowest BCUT2D eigenvalue weighted by atomic mass is 9.90. The predicted octanol–water partition coefficient (Wildman–Crippen LogP) is 5.00. The molecule has 2 N–H and O–H groups in total. The fraction of sp³-hybridized carbons (Fsp3) is 0.250. The van der Waals surface area contributed by atoms with Crippen LogP contribution in [0, 0.1) is 6.92 Å². The van der Waals surface area contributed by atoms with E-state index in [1.807, 2.05) is 12.1 Å². The van der Waals surface area contributed by atoms with Crippen LogP contribution in [0.4, 0.5) is 11.6 Å². The monoisotopic (exact) mass is 480 g/mol.